The van der Waals surface area contributed by atoms with Crippen molar-refractivity contribution in [1.29, 1.82) is 0 Å². The molecular formula is C19H21BrN6O2S. The molecule has 8 nitrogen and oxygen atoms in total. The van der Waals surface area contributed by atoms with Crippen LogP contribution >= 0.6 is 27.3 Å². The smallest absolute Gasteiger partial charge is 0.260 e. The standard InChI is InChI=1S/C19H21BrN6O2S/c1-11-15(24-18(28)14-9-23-26-10-16(20)29-19(14)26)6-12(7-21-11)17(27)22-8-13-4-3-5-25(13)2/h6-7,9-10,13H,3-5,8H2,1-2H3,(H,22,27)(H,24,28). The second-order valence-electron chi connectivity index (χ2n) is 7.14. The zero-order valence-corrected chi connectivity index (χ0v) is 18.5. The molecule has 2 N–H and O–H groups in total. The van der Waals surface area contributed by atoms with Crippen LogP contribution in [0.5, 0.6) is 0 Å². The van der Waals surface area contributed by atoms with Crippen LogP contribution in [0.15, 0.2) is 28.4 Å². The molecule has 3 aromatic rings. The van der Waals surface area contributed by atoms with E-state index in [0.717, 1.165) is 28.0 Å². The maximum absolute atomic E-state index is 12.8. The number of pyridine rings is 1. The van der Waals surface area contributed by atoms with Gasteiger partial charge in [0.15, 0.2) is 0 Å². The highest BCUT2D eigenvalue weighted by molar-refractivity contribution is 9.11. The first-order valence-electron chi connectivity index (χ1n) is 9.31. The first kappa shape index (κ1) is 20.0. The van der Waals surface area contributed by atoms with Crippen molar-refractivity contribution in [2.75, 3.05) is 25.5 Å². The minimum Gasteiger partial charge on any atom is -0.350 e. The summed E-state index contributed by atoms with van der Waals surface area (Å²) in [7, 11) is 2.07. The number of anilines is 1. The van der Waals surface area contributed by atoms with E-state index in [9.17, 15) is 9.59 Å². The Hall–Kier alpha value is -2.30. The third-order valence-electron chi connectivity index (χ3n) is 5.18. The fourth-order valence-electron chi connectivity index (χ4n) is 3.44. The average Bonchev–Trinajstić information content (AvgIpc) is 3.36. The maximum atomic E-state index is 12.8. The van der Waals surface area contributed by atoms with Gasteiger partial charge in [0.2, 0.25) is 0 Å². The number of hydrogen-bond acceptors (Lipinski definition) is 6. The summed E-state index contributed by atoms with van der Waals surface area (Å²) in [4.78, 5) is 32.6. The van der Waals surface area contributed by atoms with Gasteiger partial charge in [0.25, 0.3) is 11.8 Å². The zero-order valence-electron chi connectivity index (χ0n) is 16.1. The third kappa shape index (κ3) is 4.19. The number of hydrogen-bond donors (Lipinski definition) is 2. The number of carbonyl (C=O) groups excluding carboxylic acids is 2. The normalized spacial score (nSPS) is 17.0. The maximum Gasteiger partial charge on any atom is 0.260 e. The van der Waals surface area contributed by atoms with E-state index < -0.39 is 0 Å². The molecule has 0 aliphatic carbocycles. The Balaban J connectivity index is 1.47. The molecule has 3 aromatic heterocycles. The van der Waals surface area contributed by atoms with Gasteiger partial charge in [0.1, 0.15) is 4.83 Å². The first-order valence-corrected chi connectivity index (χ1v) is 10.9. The van der Waals surface area contributed by atoms with Crippen molar-refractivity contribution in [3.8, 4) is 0 Å². The lowest BCUT2D eigenvalue weighted by molar-refractivity contribution is 0.0942. The van der Waals surface area contributed by atoms with E-state index in [2.05, 4.69) is 48.6 Å². The molecule has 152 valence electrons. The second-order valence-corrected chi connectivity index (χ2v) is 9.55. The predicted octanol–water partition coefficient (Wildman–Crippen LogP) is 2.94. The zero-order chi connectivity index (χ0) is 20.5. The second kappa shape index (κ2) is 8.21. The third-order valence-corrected chi connectivity index (χ3v) is 6.77. The number of carbonyl (C=O) groups is 2. The van der Waals surface area contributed by atoms with Gasteiger partial charge in [-0.15, -0.1) is 11.3 Å². The monoisotopic (exact) mass is 476 g/mol. The number of nitrogens with one attached hydrogen (secondary N) is 2. The lowest BCUT2D eigenvalue weighted by Crippen LogP contribution is -2.38. The molecular weight excluding hydrogens is 456 g/mol. The molecule has 29 heavy (non-hydrogen) atoms. The summed E-state index contributed by atoms with van der Waals surface area (Å²) in [5.41, 5.74) is 2.04. The van der Waals surface area contributed by atoms with Crippen LogP contribution in [0.3, 0.4) is 0 Å². The van der Waals surface area contributed by atoms with E-state index in [4.69, 9.17) is 0 Å². The summed E-state index contributed by atoms with van der Waals surface area (Å²) in [5.74, 6) is -0.479. The van der Waals surface area contributed by atoms with Crippen molar-refractivity contribution in [3.05, 3.63) is 45.3 Å². The van der Waals surface area contributed by atoms with Crippen LogP contribution in [0.4, 0.5) is 5.69 Å². The fraction of sp³-hybridized carbons (Fsp3) is 0.368. The Kier molecular flexibility index (Phi) is 5.66. The van der Waals surface area contributed by atoms with Crippen LogP contribution < -0.4 is 10.6 Å². The van der Waals surface area contributed by atoms with Gasteiger partial charge in [-0.3, -0.25) is 14.6 Å². The molecule has 10 heteroatoms. The van der Waals surface area contributed by atoms with E-state index in [0.29, 0.717) is 35.1 Å². The quantitative estimate of drug-likeness (QED) is 0.590. The summed E-state index contributed by atoms with van der Waals surface area (Å²) < 4.78 is 2.54. The lowest BCUT2D eigenvalue weighted by Gasteiger charge is -2.19. The van der Waals surface area contributed by atoms with Gasteiger partial charge in [-0.1, -0.05) is 0 Å². The number of halogens is 1. The highest BCUT2D eigenvalue weighted by Gasteiger charge is 2.22. The van der Waals surface area contributed by atoms with Gasteiger partial charge in [-0.25, -0.2) is 4.52 Å². The number of amides is 2. The van der Waals surface area contributed by atoms with Gasteiger partial charge < -0.3 is 15.5 Å². The van der Waals surface area contributed by atoms with Crippen LogP contribution in [0.1, 0.15) is 39.3 Å². The number of rotatable bonds is 5. The molecule has 0 radical (unpaired) electrons. The molecule has 0 spiro atoms. The number of likely N-dealkylation sites (N-methyl/N-ethyl adjacent to an activating group) is 1. The van der Waals surface area contributed by atoms with Gasteiger partial charge in [0.05, 0.1) is 38.7 Å². The Morgan fingerprint density at radius 3 is 2.93 bits per heavy atom. The molecule has 1 aliphatic rings. The Morgan fingerprint density at radius 1 is 1.34 bits per heavy atom. The van der Waals surface area contributed by atoms with Crippen molar-refractivity contribution < 1.29 is 9.59 Å². The molecule has 4 heterocycles. The Morgan fingerprint density at radius 2 is 2.17 bits per heavy atom. The SMILES string of the molecule is Cc1ncc(C(=O)NCC2CCCN2C)cc1NC(=O)c1cnn2cc(Br)sc12. The fourth-order valence-corrected chi connectivity index (χ4v) is 4.88. The lowest BCUT2D eigenvalue weighted by atomic mass is 10.2. The largest absolute Gasteiger partial charge is 0.350 e. The molecule has 1 unspecified atom stereocenters. The predicted molar refractivity (Wildman–Crippen MR) is 116 cm³/mol. The van der Waals surface area contributed by atoms with Crippen LogP contribution in [-0.2, 0) is 0 Å². The highest BCUT2D eigenvalue weighted by Crippen LogP contribution is 2.26. The Bertz CT molecular complexity index is 1080. The minimum atomic E-state index is -0.288. The summed E-state index contributed by atoms with van der Waals surface area (Å²) in [6, 6.07) is 2.03. The number of aromatic nitrogens is 3. The van der Waals surface area contributed by atoms with E-state index in [1.807, 2.05) is 0 Å². The van der Waals surface area contributed by atoms with E-state index in [-0.39, 0.29) is 11.8 Å². The van der Waals surface area contributed by atoms with Gasteiger partial charge in [0, 0.05) is 18.8 Å². The van der Waals surface area contributed by atoms with Crippen molar-refractivity contribution in [3.63, 3.8) is 0 Å². The van der Waals surface area contributed by atoms with Crippen molar-refractivity contribution in [2.24, 2.45) is 0 Å². The molecule has 4 rings (SSSR count). The number of nitrogens with zero attached hydrogens (tertiary/aromatic N) is 4. The van der Waals surface area contributed by atoms with Crippen molar-refractivity contribution in [1.82, 2.24) is 24.8 Å². The average molecular weight is 477 g/mol. The molecule has 1 atom stereocenters. The minimum absolute atomic E-state index is 0.191. The summed E-state index contributed by atoms with van der Waals surface area (Å²) in [6.07, 6.45) is 7.11. The highest BCUT2D eigenvalue weighted by atomic mass is 79.9. The summed E-state index contributed by atoms with van der Waals surface area (Å²) in [5, 5.41) is 10.0. The molecule has 0 bridgehead atoms. The topological polar surface area (TPSA) is 91.6 Å². The molecule has 1 saturated heterocycles. The number of aryl methyl sites for hydroxylation is 1. The van der Waals surface area contributed by atoms with Crippen molar-refractivity contribution >= 4 is 49.6 Å². The van der Waals surface area contributed by atoms with Crippen LogP contribution in [0.2, 0.25) is 0 Å². The molecule has 1 aliphatic heterocycles. The van der Waals surface area contributed by atoms with Gasteiger partial charge >= 0.3 is 0 Å². The number of likely N-dealkylation sites (tertiary alicyclic amines) is 1. The van der Waals surface area contributed by atoms with Crippen molar-refractivity contribution in [2.45, 2.75) is 25.8 Å². The molecule has 1 fully saturated rings. The van der Waals surface area contributed by atoms with E-state index in [1.165, 1.54) is 23.7 Å². The van der Waals surface area contributed by atoms with Crippen LogP contribution in [-0.4, -0.2) is 57.5 Å². The van der Waals surface area contributed by atoms with E-state index >= 15 is 0 Å². The summed E-state index contributed by atoms with van der Waals surface area (Å²) >= 11 is 4.83. The Labute approximate surface area is 180 Å². The molecule has 2 amide bonds. The first-order chi connectivity index (χ1) is 13.9. The van der Waals surface area contributed by atoms with Crippen LogP contribution in [0.25, 0.3) is 4.83 Å². The summed E-state index contributed by atoms with van der Waals surface area (Å²) in [6.45, 7) is 3.46. The van der Waals surface area contributed by atoms with E-state index in [1.54, 1.807) is 23.7 Å². The molecule has 0 saturated carbocycles. The molecule has 0 aromatic carbocycles. The number of thiazole rings is 1. The van der Waals surface area contributed by atoms with Gasteiger partial charge in [-0.05, 0) is 55.4 Å². The van der Waals surface area contributed by atoms with Crippen LogP contribution in [0, 0.1) is 6.92 Å². The number of fused-ring (bicyclic) bond motifs is 1. The van der Waals surface area contributed by atoms with Gasteiger partial charge in [-0.2, -0.15) is 5.10 Å².